The molecule has 0 bridgehead atoms. The summed E-state index contributed by atoms with van der Waals surface area (Å²) in [7, 11) is 1.72. The first-order chi connectivity index (χ1) is 8.35. The van der Waals surface area contributed by atoms with E-state index in [1.54, 1.807) is 7.11 Å². The topological polar surface area (TPSA) is 47.3 Å². The maximum atomic E-state index is 5.57. The molecular formula is C14H22N2O. The van der Waals surface area contributed by atoms with Gasteiger partial charge in [0.15, 0.2) is 0 Å². The van der Waals surface area contributed by atoms with Crippen molar-refractivity contribution in [2.24, 2.45) is 5.84 Å². The zero-order valence-corrected chi connectivity index (χ0v) is 10.5. The summed E-state index contributed by atoms with van der Waals surface area (Å²) in [6.45, 7) is 0.676. The van der Waals surface area contributed by atoms with E-state index in [4.69, 9.17) is 10.6 Å². The highest BCUT2D eigenvalue weighted by Crippen LogP contribution is 2.34. The standard InChI is InChI=1S/C14H22N2O/c1-17-10-13(16-15)9-12-7-4-6-11-5-2-3-8-14(11)12/h2-3,5,8,12-13,16H,4,6-7,9-10,15H2,1H3. The molecule has 0 aromatic heterocycles. The molecule has 2 atom stereocenters. The summed E-state index contributed by atoms with van der Waals surface area (Å²) in [5.74, 6) is 6.19. The number of ether oxygens (including phenoxy) is 1. The SMILES string of the molecule is COCC(CC1CCCc2ccccc21)NN. The monoisotopic (exact) mass is 234 g/mol. The molecule has 1 aromatic carbocycles. The largest absolute Gasteiger partial charge is 0.383 e. The van der Waals surface area contributed by atoms with Crippen molar-refractivity contribution in [3.8, 4) is 0 Å². The molecule has 0 saturated heterocycles. The molecule has 0 spiro atoms. The van der Waals surface area contributed by atoms with Crippen LogP contribution in [0.3, 0.4) is 0 Å². The molecular weight excluding hydrogens is 212 g/mol. The lowest BCUT2D eigenvalue weighted by Gasteiger charge is -2.28. The number of nitrogens with one attached hydrogen (secondary N) is 1. The Balaban J connectivity index is 2.07. The Morgan fingerprint density at radius 1 is 1.47 bits per heavy atom. The van der Waals surface area contributed by atoms with E-state index in [9.17, 15) is 0 Å². The first-order valence-electron chi connectivity index (χ1n) is 6.38. The average Bonchev–Trinajstić information content (AvgIpc) is 2.38. The first kappa shape index (κ1) is 12.6. The van der Waals surface area contributed by atoms with Crippen molar-refractivity contribution in [2.45, 2.75) is 37.6 Å². The van der Waals surface area contributed by atoms with Gasteiger partial charge in [0.25, 0.3) is 0 Å². The lowest BCUT2D eigenvalue weighted by molar-refractivity contribution is 0.158. The Morgan fingerprint density at radius 3 is 3.06 bits per heavy atom. The number of nitrogens with two attached hydrogens (primary N) is 1. The second kappa shape index (κ2) is 6.15. The molecule has 0 aliphatic heterocycles. The molecule has 3 N–H and O–H groups in total. The number of rotatable bonds is 5. The maximum absolute atomic E-state index is 5.57. The highest BCUT2D eigenvalue weighted by molar-refractivity contribution is 5.32. The third kappa shape index (κ3) is 3.06. The van der Waals surface area contributed by atoms with Crippen LogP contribution in [0, 0.1) is 0 Å². The maximum Gasteiger partial charge on any atom is 0.0629 e. The molecule has 0 fully saturated rings. The summed E-state index contributed by atoms with van der Waals surface area (Å²) in [6, 6.07) is 9.03. The van der Waals surface area contributed by atoms with E-state index in [0.29, 0.717) is 12.5 Å². The number of aryl methyl sites for hydroxylation is 1. The predicted molar refractivity (Wildman–Crippen MR) is 69.7 cm³/mol. The van der Waals surface area contributed by atoms with Gasteiger partial charge in [-0.2, -0.15) is 0 Å². The van der Waals surface area contributed by atoms with Gasteiger partial charge in [-0.05, 0) is 42.7 Å². The minimum atomic E-state index is 0.246. The van der Waals surface area contributed by atoms with Crippen LogP contribution < -0.4 is 11.3 Å². The lowest BCUT2D eigenvalue weighted by Crippen LogP contribution is -2.39. The Hall–Kier alpha value is -0.900. The summed E-state index contributed by atoms with van der Waals surface area (Å²) in [6.07, 6.45) is 4.82. The Morgan fingerprint density at radius 2 is 2.29 bits per heavy atom. The fourth-order valence-corrected chi connectivity index (χ4v) is 2.83. The molecule has 3 nitrogen and oxygen atoms in total. The quantitative estimate of drug-likeness (QED) is 0.605. The molecule has 2 rings (SSSR count). The molecule has 17 heavy (non-hydrogen) atoms. The van der Waals surface area contributed by atoms with Crippen LogP contribution in [0.5, 0.6) is 0 Å². The van der Waals surface area contributed by atoms with Crippen LogP contribution in [-0.2, 0) is 11.2 Å². The van der Waals surface area contributed by atoms with E-state index in [2.05, 4.69) is 29.7 Å². The van der Waals surface area contributed by atoms with Gasteiger partial charge in [0, 0.05) is 13.2 Å². The van der Waals surface area contributed by atoms with Crippen molar-refractivity contribution in [3.05, 3.63) is 35.4 Å². The Kier molecular flexibility index (Phi) is 4.54. The Bertz CT molecular complexity index is 354. The van der Waals surface area contributed by atoms with Gasteiger partial charge in [0.1, 0.15) is 0 Å². The van der Waals surface area contributed by atoms with E-state index >= 15 is 0 Å². The van der Waals surface area contributed by atoms with Crippen molar-refractivity contribution in [1.82, 2.24) is 5.43 Å². The molecule has 1 aliphatic rings. The summed E-state index contributed by atoms with van der Waals surface area (Å²) in [5, 5.41) is 0. The van der Waals surface area contributed by atoms with Gasteiger partial charge in [0.2, 0.25) is 0 Å². The fraction of sp³-hybridized carbons (Fsp3) is 0.571. The number of fused-ring (bicyclic) bond motifs is 1. The zero-order chi connectivity index (χ0) is 12.1. The highest BCUT2D eigenvalue weighted by atomic mass is 16.5. The second-order valence-corrected chi connectivity index (χ2v) is 4.84. The van der Waals surface area contributed by atoms with Crippen LogP contribution in [0.15, 0.2) is 24.3 Å². The van der Waals surface area contributed by atoms with Crippen LogP contribution in [-0.4, -0.2) is 19.8 Å². The third-order valence-electron chi connectivity index (χ3n) is 3.67. The molecule has 1 aliphatic carbocycles. The smallest absolute Gasteiger partial charge is 0.0629 e. The first-order valence-corrected chi connectivity index (χ1v) is 6.38. The van der Waals surface area contributed by atoms with Gasteiger partial charge >= 0.3 is 0 Å². The van der Waals surface area contributed by atoms with E-state index in [-0.39, 0.29) is 6.04 Å². The van der Waals surface area contributed by atoms with Gasteiger partial charge in [-0.3, -0.25) is 11.3 Å². The van der Waals surface area contributed by atoms with Crippen LogP contribution in [0.2, 0.25) is 0 Å². The molecule has 2 unspecified atom stereocenters. The third-order valence-corrected chi connectivity index (χ3v) is 3.67. The number of hydrogen-bond acceptors (Lipinski definition) is 3. The van der Waals surface area contributed by atoms with Gasteiger partial charge in [-0.25, -0.2) is 0 Å². The summed E-state index contributed by atoms with van der Waals surface area (Å²) in [4.78, 5) is 0. The van der Waals surface area contributed by atoms with E-state index in [1.165, 1.54) is 30.4 Å². The van der Waals surface area contributed by atoms with E-state index < -0.39 is 0 Å². The lowest BCUT2D eigenvalue weighted by atomic mass is 9.80. The molecule has 94 valence electrons. The second-order valence-electron chi connectivity index (χ2n) is 4.84. The van der Waals surface area contributed by atoms with Crippen molar-refractivity contribution >= 4 is 0 Å². The number of hydrogen-bond donors (Lipinski definition) is 2. The van der Waals surface area contributed by atoms with E-state index in [1.807, 2.05) is 0 Å². The highest BCUT2D eigenvalue weighted by Gasteiger charge is 2.22. The van der Waals surface area contributed by atoms with Gasteiger partial charge in [-0.1, -0.05) is 24.3 Å². The van der Waals surface area contributed by atoms with Crippen molar-refractivity contribution in [1.29, 1.82) is 0 Å². The molecule has 0 heterocycles. The summed E-state index contributed by atoms with van der Waals surface area (Å²) < 4.78 is 5.18. The van der Waals surface area contributed by atoms with Gasteiger partial charge < -0.3 is 4.74 Å². The van der Waals surface area contributed by atoms with Gasteiger partial charge in [-0.15, -0.1) is 0 Å². The van der Waals surface area contributed by atoms with E-state index in [0.717, 1.165) is 6.42 Å². The summed E-state index contributed by atoms with van der Waals surface area (Å²) >= 11 is 0. The van der Waals surface area contributed by atoms with Crippen molar-refractivity contribution < 1.29 is 4.74 Å². The summed E-state index contributed by atoms with van der Waals surface area (Å²) in [5.41, 5.74) is 5.88. The van der Waals surface area contributed by atoms with Crippen molar-refractivity contribution in [2.75, 3.05) is 13.7 Å². The number of hydrazine groups is 1. The van der Waals surface area contributed by atoms with Crippen LogP contribution in [0.4, 0.5) is 0 Å². The fourth-order valence-electron chi connectivity index (χ4n) is 2.83. The molecule has 0 saturated carbocycles. The Labute approximate surface area is 103 Å². The molecule has 0 amide bonds. The van der Waals surface area contributed by atoms with Crippen LogP contribution >= 0.6 is 0 Å². The molecule has 0 radical (unpaired) electrons. The molecule has 1 aromatic rings. The zero-order valence-electron chi connectivity index (χ0n) is 10.5. The van der Waals surface area contributed by atoms with Crippen LogP contribution in [0.25, 0.3) is 0 Å². The number of benzene rings is 1. The average molecular weight is 234 g/mol. The van der Waals surface area contributed by atoms with Crippen LogP contribution in [0.1, 0.15) is 36.3 Å². The van der Waals surface area contributed by atoms with Crippen molar-refractivity contribution in [3.63, 3.8) is 0 Å². The van der Waals surface area contributed by atoms with Gasteiger partial charge in [0.05, 0.1) is 6.61 Å². The normalized spacial score (nSPS) is 20.9. The number of methoxy groups -OCH3 is 1. The minimum Gasteiger partial charge on any atom is -0.383 e. The predicted octanol–water partition coefficient (Wildman–Crippen LogP) is 1.97. The minimum absolute atomic E-state index is 0.246. The molecule has 3 heteroatoms.